The second kappa shape index (κ2) is 7.46. The van der Waals surface area contributed by atoms with Gasteiger partial charge in [-0.3, -0.25) is 0 Å². The summed E-state index contributed by atoms with van der Waals surface area (Å²) in [6, 6.07) is 0.829. The van der Waals surface area contributed by atoms with E-state index in [1.165, 1.54) is 77.3 Å². The molecule has 0 radical (unpaired) electrons. The quantitative estimate of drug-likeness (QED) is 0.754. The largest absolute Gasteiger partial charge is 0.319 e. The highest BCUT2D eigenvalue weighted by molar-refractivity contribution is 4.89. The molecule has 2 saturated carbocycles. The Labute approximate surface area is 133 Å². The Morgan fingerprint density at radius 3 is 2.05 bits per heavy atom. The molecular weight excluding hydrogens is 256 g/mol. The summed E-state index contributed by atoms with van der Waals surface area (Å²) in [6.07, 6.45) is 14.2. The SMILES string of the molecule is CNCC1(CN(C)C2CCC(C)(C)CC2)CCCCCC1. The summed E-state index contributed by atoms with van der Waals surface area (Å²) in [5.41, 5.74) is 1.12. The highest BCUT2D eigenvalue weighted by Gasteiger charge is 2.35. The first kappa shape index (κ1) is 17.3. The summed E-state index contributed by atoms with van der Waals surface area (Å²) >= 11 is 0. The van der Waals surface area contributed by atoms with Gasteiger partial charge in [-0.05, 0) is 63.5 Å². The summed E-state index contributed by atoms with van der Waals surface area (Å²) in [4.78, 5) is 2.72. The molecule has 0 heterocycles. The fourth-order valence-electron chi connectivity index (χ4n) is 4.73. The van der Waals surface area contributed by atoms with Crippen molar-refractivity contribution in [1.29, 1.82) is 0 Å². The number of hydrogen-bond acceptors (Lipinski definition) is 2. The van der Waals surface area contributed by atoms with Crippen LogP contribution in [0, 0.1) is 10.8 Å². The van der Waals surface area contributed by atoms with E-state index < -0.39 is 0 Å². The molecule has 2 fully saturated rings. The summed E-state index contributed by atoms with van der Waals surface area (Å²) in [5, 5.41) is 3.50. The van der Waals surface area contributed by atoms with Crippen molar-refractivity contribution in [2.75, 3.05) is 27.2 Å². The number of nitrogens with zero attached hydrogens (tertiary/aromatic N) is 1. The zero-order chi connectivity index (χ0) is 15.3. The van der Waals surface area contributed by atoms with Gasteiger partial charge in [0, 0.05) is 19.1 Å². The van der Waals surface area contributed by atoms with Gasteiger partial charge in [-0.25, -0.2) is 0 Å². The molecular formula is C19H38N2. The van der Waals surface area contributed by atoms with E-state index >= 15 is 0 Å². The van der Waals surface area contributed by atoms with Crippen LogP contribution in [0.15, 0.2) is 0 Å². The van der Waals surface area contributed by atoms with Gasteiger partial charge in [0.05, 0.1) is 0 Å². The fourth-order valence-corrected chi connectivity index (χ4v) is 4.73. The van der Waals surface area contributed by atoms with Crippen molar-refractivity contribution < 1.29 is 0 Å². The van der Waals surface area contributed by atoms with Crippen molar-refractivity contribution in [3.05, 3.63) is 0 Å². The topological polar surface area (TPSA) is 15.3 Å². The lowest BCUT2D eigenvalue weighted by Gasteiger charge is -2.43. The highest BCUT2D eigenvalue weighted by atomic mass is 15.1. The minimum atomic E-state index is 0.535. The standard InChI is InChI=1S/C19H38N2/c1-18(2)13-9-17(10-14-18)21(4)16-19(15-20-3)11-7-5-6-8-12-19/h17,20H,5-16H2,1-4H3. The molecule has 2 rings (SSSR count). The molecule has 0 bridgehead atoms. The predicted octanol–water partition coefficient (Wildman–Crippen LogP) is 4.45. The maximum absolute atomic E-state index is 3.50. The average Bonchev–Trinajstić information content (AvgIpc) is 2.65. The minimum absolute atomic E-state index is 0.535. The Morgan fingerprint density at radius 1 is 0.952 bits per heavy atom. The Bertz CT molecular complexity index is 293. The molecule has 0 atom stereocenters. The van der Waals surface area contributed by atoms with E-state index in [9.17, 15) is 0 Å². The monoisotopic (exact) mass is 294 g/mol. The Hall–Kier alpha value is -0.0800. The molecule has 0 amide bonds. The van der Waals surface area contributed by atoms with E-state index in [4.69, 9.17) is 0 Å². The molecule has 0 aromatic rings. The van der Waals surface area contributed by atoms with Crippen molar-refractivity contribution in [1.82, 2.24) is 10.2 Å². The smallest absolute Gasteiger partial charge is 0.00928 e. The molecule has 124 valence electrons. The fraction of sp³-hybridized carbons (Fsp3) is 1.00. The molecule has 2 nitrogen and oxygen atoms in total. The van der Waals surface area contributed by atoms with Gasteiger partial charge in [0.25, 0.3) is 0 Å². The van der Waals surface area contributed by atoms with Crippen LogP contribution in [0.25, 0.3) is 0 Å². The van der Waals surface area contributed by atoms with Crippen molar-refractivity contribution in [3.8, 4) is 0 Å². The van der Waals surface area contributed by atoms with E-state index in [1.807, 2.05) is 0 Å². The summed E-state index contributed by atoms with van der Waals surface area (Å²) in [7, 11) is 4.53. The van der Waals surface area contributed by atoms with E-state index in [0.717, 1.165) is 6.04 Å². The maximum atomic E-state index is 3.50. The van der Waals surface area contributed by atoms with Crippen LogP contribution in [0.5, 0.6) is 0 Å². The van der Waals surface area contributed by atoms with E-state index in [-0.39, 0.29) is 0 Å². The number of hydrogen-bond donors (Lipinski definition) is 1. The van der Waals surface area contributed by atoms with Crippen LogP contribution in [0.4, 0.5) is 0 Å². The highest BCUT2D eigenvalue weighted by Crippen LogP contribution is 2.39. The molecule has 0 aromatic carbocycles. The number of rotatable bonds is 5. The van der Waals surface area contributed by atoms with E-state index in [2.05, 4.69) is 38.2 Å². The van der Waals surface area contributed by atoms with Gasteiger partial charge >= 0.3 is 0 Å². The number of nitrogens with one attached hydrogen (secondary N) is 1. The van der Waals surface area contributed by atoms with Gasteiger partial charge in [0.2, 0.25) is 0 Å². The van der Waals surface area contributed by atoms with Gasteiger partial charge < -0.3 is 10.2 Å². The van der Waals surface area contributed by atoms with Gasteiger partial charge in [-0.1, -0.05) is 39.5 Å². The molecule has 0 unspecified atom stereocenters. The van der Waals surface area contributed by atoms with Gasteiger partial charge in [-0.15, -0.1) is 0 Å². The second-order valence-electron chi connectivity index (χ2n) is 8.76. The average molecular weight is 295 g/mol. The Balaban J connectivity index is 1.93. The van der Waals surface area contributed by atoms with Crippen molar-refractivity contribution in [2.24, 2.45) is 10.8 Å². The Morgan fingerprint density at radius 2 is 1.52 bits per heavy atom. The molecule has 2 heteroatoms. The third-order valence-corrected chi connectivity index (χ3v) is 6.23. The van der Waals surface area contributed by atoms with Gasteiger partial charge in [0.15, 0.2) is 0 Å². The molecule has 2 aliphatic rings. The van der Waals surface area contributed by atoms with Crippen LogP contribution >= 0.6 is 0 Å². The lowest BCUT2D eigenvalue weighted by molar-refractivity contribution is 0.0750. The first-order valence-electron chi connectivity index (χ1n) is 9.31. The van der Waals surface area contributed by atoms with Gasteiger partial charge in [0.1, 0.15) is 0 Å². The first-order valence-corrected chi connectivity index (χ1v) is 9.31. The zero-order valence-electron chi connectivity index (χ0n) is 15.0. The molecule has 2 aliphatic carbocycles. The molecule has 0 aliphatic heterocycles. The minimum Gasteiger partial charge on any atom is -0.319 e. The molecule has 0 spiro atoms. The van der Waals surface area contributed by atoms with Crippen LogP contribution in [0.3, 0.4) is 0 Å². The van der Waals surface area contributed by atoms with Crippen LogP contribution < -0.4 is 5.32 Å². The lowest BCUT2D eigenvalue weighted by atomic mass is 9.74. The zero-order valence-corrected chi connectivity index (χ0v) is 15.0. The summed E-state index contributed by atoms with van der Waals surface area (Å²) in [5.74, 6) is 0. The summed E-state index contributed by atoms with van der Waals surface area (Å²) < 4.78 is 0. The van der Waals surface area contributed by atoms with Crippen LogP contribution in [0.2, 0.25) is 0 Å². The van der Waals surface area contributed by atoms with E-state index in [1.54, 1.807) is 0 Å². The summed E-state index contributed by atoms with van der Waals surface area (Å²) in [6.45, 7) is 7.39. The van der Waals surface area contributed by atoms with Crippen molar-refractivity contribution >= 4 is 0 Å². The second-order valence-corrected chi connectivity index (χ2v) is 8.76. The van der Waals surface area contributed by atoms with Crippen LogP contribution in [-0.2, 0) is 0 Å². The molecule has 0 saturated heterocycles. The predicted molar refractivity (Wildman–Crippen MR) is 92.7 cm³/mol. The normalized spacial score (nSPS) is 26.7. The van der Waals surface area contributed by atoms with E-state index in [0.29, 0.717) is 10.8 Å². The third-order valence-electron chi connectivity index (χ3n) is 6.23. The maximum Gasteiger partial charge on any atom is 0.00928 e. The van der Waals surface area contributed by atoms with Crippen molar-refractivity contribution in [2.45, 2.75) is 84.1 Å². The third kappa shape index (κ3) is 4.96. The first-order chi connectivity index (χ1) is 9.96. The molecule has 1 N–H and O–H groups in total. The van der Waals surface area contributed by atoms with Crippen LogP contribution in [0.1, 0.15) is 78.1 Å². The lowest BCUT2D eigenvalue weighted by Crippen LogP contribution is -2.46. The van der Waals surface area contributed by atoms with Crippen molar-refractivity contribution in [3.63, 3.8) is 0 Å². The van der Waals surface area contributed by atoms with Crippen LogP contribution in [-0.4, -0.2) is 38.1 Å². The molecule has 0 aromatic heterocycles. The van der Waals surface area contributed by atoms with Gasteiger partial charge in [-0.2, -0.15) is 0 Å². The Kier molecular flexibility index (Phi) is 6.14. The molecule has 21 heavy (non-hydrogen) atoms.